The average Bonchev–Trinajstić information content (AvgIpc) is 3.26. The van der Waals surface area contributed by atoms with Crippen molar-refractivity contribution in [2.75, 3.05) is 19.8 Å². The van der Waals surface area contributed by atoms with E-state index < -0.39 is 135 Å². The van der Waals surface area contributed by atoms with Gasteiger partial charge in [-0.1, -0.05) is 60.1 Å². The van der Waals surface area contributed by atoms with Gasteiger partial charge in [-0.25, -0.2) is 0 Å². The van der Waals surface area contributed by atoms with Crippen LogP contribution in [0.3, 0.4) is 0 Å². The molecule has 0 spiro atoms. The van der Waals surface area contributed by atoms with Gasteiger partial charge in [0.25, 0.3) is 0 Å². The number of carbonyl (C=O) groups excluding carboxylic acids is 1. The molecule has 7 fully saturated rings. The van der Waals surface area contributed by atoms with Crippen molar-refractivity contribution in [1.29, 1.82) is 0 Å². The Kier molecular flexibility index (Phi) is 13.9. The molecule has 66 heavy (non-hydrogen) atoms. The zero-order valence-corrected chi connectivity index (χ0v) is 39.5. The first-order chi connectivity index (χ1) is 30.9. The lowest BCUT2D eigenvalue weighted by atomic mass is 9.33. The Bertz CT molecular complexity index is 1790. The second-order valence-electron chi connectivity index (χ2n) is 23.5. The van der Waals surface area contributed by atoms with Gasteiger partial charge in [0.1, 0.15) is 73.2 Å². The summed E-state index contributed by atoms with van der Waals surface area (Å²) in [5.41, 5.74) is -0.674. The molecule has 5 aliphatic carbocycles. The van der Waals surface area contributed by atoms with Gasteiger partial charge in [0, 0.05) is 0 Å². The number of aliphatic hydroxyl groups excluding tert-OH is 11. The maximum Gasteiger partial charge on any atom is 0.315 e. The van der Waals surface area contributed by atoms with E-state index in [0.717, 1.165) is 44.9 Å². The van der Waals surface area contributed by atoms with Gasteiger partial charge in [0.15, 0.2) is 12.6 Å². The quantitative estimate of drug-likeness (QED) is 0.0833. The molecule has 23 atom stereocenters. The molecule has 11 N–H and O–H groups in total. The monoisotopic (exact) mass is 943 g/mol. The normalized spacial score (nSPS) is 53.3. The summed E-state index contributed by atoms with van der Waals surface area (Å²) in [5.74, 6) is -0.189. The predicted octanol–water partition coefficient (Wildman–Crippen LogP) is 0.141. The molecule has 4 saturated carbocycles. The van der Waals surface area contributed by atoms with Crippen LogP contribution in [0.4, 0.5) is 0 Å². The molecular weight excluding hydrogens is 865 g/mol. The summed E-state index contributed by atoms with van der Waals surface area (Å²) in [4.78, 5) is 14.7. The van der Waals surface area contributed by atoms with E-state index in [9.17, 15) is 61.0 Å². The molecule has 0 bridgehead atoms. The van der Waals surface area contributed by atoms with E-state index in [0.29, 0.717) is 19.3 Å². The molecule has 3 aliphatic heterocycles. The largest absolute Gasteiger partial charge is 0.432 e. The first kappa shape index (κ1) is 50.9. The predicted molar refractivity (Wildman–Crippen MR) is 230 cm³/mol. The molecule has 0 aromatic rings. The molecule has 0 amide bonds. The van der Waals surface area contributed by atoms with Gasteiger partial charge in [-0.15, -0.1) is 0 Å². The first-order valence-corrected chi connectivity index (χ1v) is 24.3. The fourth-order valence-corrected chi connectivity index (χ4v) is 15.0. The van der Waals surface area contributed by atoms with Crippen LogP contribution in [0, 0.1) is 50.2 Å². The molecule has 8 aliphatic rings. The lowest BCUT2D eigenvalue weighted by Crippen LogP contribution is -2.67. The van der Waals surface area contributed by atoms with E-state index in [1.165, 1.54) is 5.57 Å². The van der Waals surface area contributed by atoms with Crippen molar-refractivity contribution < 1.29 is 89.4 Å². The Balaban J connectivity index is 1.02. The summed E-state index contributed by atoms with van der Waals surface area (Å²) in [6.07, 6.45) is -13.7. The summed E-state index contributed by atoms with van der Waals surface area (Å²) in [6, 6.07) is 0. The van der Waals surface area contributed by atoms with E-state index >= 15 is 0 Å². The molecule has 18 nitrogen and oxygen atoms in total. The van der Waals surface area contributed by atoms with Crippen molar-refractivity contribution in [3.63, 3.8) is 0 Å². The zero-order valence-electron chi connectivity index (χ0n) is 39.5. The maximum absolute atomic E-state index is 14.7. The minimum absolute atomic E-state index is 0.0581. The lowest BCUT2D eigenvalue weighted by molar-refractivity contribution is -0.369. The van der Waals surface area contributed by atoms with Gasteiger partial charge >= 0.3 is 5.97 Å². The summed E-state index contributed by atoms with van der Waals surface area (Å²) >= 11 is 0. The Hall–Kier alpha value is -1.43. The van der Waals surface area contributed by atoms with Gasteiger partial charge in [0.05, 0.1) is 31.3 Å². The molecule has 3 saturated heterocycles. The fourth-order valence-electron chi connectivity index (χ4n) is 15.0. The van der Waals surface area contributed by atoms with Crippen LogP contribution in [-0.4, -0.2) is 180 Å². The van der Waals surface area contributed by atoms with Crippen LogP contribution in [0.15, 0.2) is 11.6 Å². The van der Waals surface area contributed by atoms with Gasteiger partial charge in [-0.3, -0.25) is 4.79 Å². The Morgan fingerprint density at radius 2 is 1.15 bits per heavy atom. The molecule has 0 aromatic heterocycles. The maximum atomic E-state index is 14.7. The van der Waals surface area contributed by atoms with Crippen LogP contribution in [0.25, 0.3) is 0 Å². The number of fused-ring (bicyclic) bond motifs is 7. The second-order valence-corrected chi connectivity index (χ2v) is 23.5. The number of esters is 1. The highest BCUT2D eigenvalue weighted by Gasteiger charge is 2.70. The van der Waals surface area contributed by atoms with Gasteiger partial charge in [-0.05, 0) is 109 Å². The van der Waals surface area contributed by atoms with Gasteiger partial charge in [0.2, 0.25) is 6.29 Å². The lowest BCUT2D eigenvalue weighted by Gasteiger charge is -2.71. The highest BCUT2D eigenvalue weighted by Crippen LogP contribution is 2.76. The molecular formula is C48H78O18. The number of carbonyl (C=O) groups is 1. The van der Waals surface area contributed by atoms with Crippen LogP contribution in [0.1, 0.15) is 113 Å². The van der Waals surface area contributed by atoms with Gasteiger partial charge < -0.3 is 84.6 Å². The average molecular weight is 943 g/mol. The van der Waals surface area contributed by atoms with E-state index in [-0.39, 0.29) is 39.4 Å². The summed E-state index contributed by atoms with van der Waals surface area (Å²) in [6.45, 7) is 14.1. The number of hydrogen-bond acceptors (Lipinski definition) is 18. The van der Waals surface area contributed by atoms with Gasteiger partial charge in [-0.2, -0.15) is 0 Å². The summed E-state index contributed by atoms with van der Waals surface area (Å²) in [7, 11) is 0. The SMILES string of the molecule is CC1(C)CCC2(C(=O)OC3OC(CO)C(O)C(O)C3O)CCC3(C)C(=CCC4C5(C)CCC(OC6OC(CO)C(O)C(OC7OC(CO)C(O)C(O)C7O)C6O)C(C)(C)C5CCC43C)C2C1. The number of hydrogen-bond donors (Lipinski definition) is 11. The van der Waals surface area contributed by atoms with Crippen LogP contribution in [0.2, 0.25) is 0 Å². The van der Waals surface area contributed by atoms with E-state index in [1.807, 2.05) is 0 Å². The number of allylic oxidation sites excluding steroid dienone is 2. The van der Waals surface area contributed by atoms with Crippen LogP contribution in [-0.2, 0) is 33.2 Å². The highest BCUT2D eigenvalue weighted by atomic mass is 16.7. The van der Waals surface area contributed by atoms with Crippen LogP contribution >= 0.6 is 0 Å². The van der Waals surface area contributed by atoms with Crippen molar-refractivity contribution in [3.8, 4) is 0 Å². The Morgan fingerprint density at radius 3 is 1.76 bits per heavy atom. The topological polar surface area (TPSA) is 295 Å². The van der Waals surface area contributed by atoms with Crippen molar-refractivity contribution in [3.05, 3.63) is 11.6 Å². The number of rotatable bonds is 9. The van der Waals surface area contributed by atoms with E-state index in [4.69, 9.17) is 28.4 Å². The van der Waals surface area contributed by atoms with Crippen LogP contribution < -0.4 is 0 Å². The van der Waals surface area contributed by atoms with Crippen molar-refractivity contribution >= 4 is 5.97 Å². The summed E-state index contributed by atoms with van der Waals surface area (Å²) in [5, 5.41) is 116. The third-order valence-corrected chi connectivity index (χ3v) is 19.3. The highest BCUT2D eigenvalue weighted by molar-refractivity contribution is 5.79. The molecule has 8 rings (SSSR count). The second kappa shape index (κ2) is 18.0. The minimum atomic E-state index is -1.79. The molecule has 378 valence electrons. The molecule has 23 unspecified atom stereocenters. The van der Waals surface area contributed by atoms with Crippen molar-refractivity contribution in [1.82, 2.24) is 0 Å². The first-order valence-electron chi connectivity index (χ1n) is 24.3. The number of ether oxygens (including phenoxy) is 6. The fraction of sp³-hybridized carbons (Fsp3) is 0.938. The number of aliphatic hydroxyl groups is 11. The van der Waals surface area contributed by atoms with Crippen molar-refractivity contribution in [2.24, 2.45) is 50.2 Å². The molecule has 0 radical (unpaired) electrons. The third kappa shape index (κ3) is 7.87. The van der Waals surface area contributed by atoms with E-state index in [2.05, 4.69) is 54.5 Å². The molecule has 18 heteroatoms. The summed E-state index contributed by atoms with van der Waals surface area (Å²) < 4.78 is 35.7. The van der Waals surface area contributed by atoms with Crippen molar-refractivity contribution in [2.45, 2.75) is 211 Å². The Morgan fingerprint density at radius 1 is 0.606 bits per heavy atom. The molecule has 3 heterocycles. The zero-order chi connectivity index (χ0) is 48.3. The van der Waals surface area contributed by atoms with Crippen LogP contribution in [0.5, 0.6) is 0 Å². The molecule has 0 aromatic carbocycles. The minimum Gasteiger partial charge on any atom is -0.432 e. The van der Waals surface area contributed by atoms with E-state index in [1.54, 1.807) is 0 Å². The third-order valence-electron chi connectivity index (χ3n) is 19.3. The Labute approximate surface area is 387 Å². The smallest absolute Gasteiger partial charge is 0.315 e. The standard InChI is InChI=1S/C48H78O18/c1-43(2)14-16-48(42(60)66-40-36(58)34(56)31(53)25(20-50)62-40)17-15-46(6)22(23(48)18-43)8-9-28-45(5)12-11-29(44(3,4)27(45)10-13-47(28,46)7)64-41-37(59)38(32(54)26(21-51)63-41)65-39-35(57)33(55)30(52)24(19-49)61-39/h8,23-41,49-59H,9-21H2,1-7H3.